The Morgan fingerprint density at radius 2 is 1.72 bits per heavy atom. The van der Waals surface area contributed by atoms with Gasteiger partial charge in [-0.1, -0.05) is 36.4 Å². The first-order valence-electron chi connectivity index (χ1n) is 14.0. The number of urea groups is 1. The molecule has 3 aliphatic heterocycles. The van der Waals surface area contributed by atoms with Gasteiger partial charge in [0.25, 0.3) is 5.91 Å². The third-order valence-corrected chi connectivity index (χ3v) is 9.79. The van der Waals surface area contributed by atoms with Crippen LogP contribution in [0.15, 0.2) is 48.5 Å². The molecule has 1 unspecified atom stereocenters. The van der Waals surface area contributed by atoms with Crippen LogP contribution in [0.2, 0.25) is 0 Å². The molecule has 17 heteroatoms. The molecule has 0 bridgehead atoms. The van der Waals surface area contributed by atoms with Gasteiger partial charge in [0, 0.05) is 19.6 Å². The first kappa shape index (κ1) is 32.1. The standard InChI is InChI=1S/C29H30N6O10S/c1-28(2)29(26(43)44,35-22(40)20(30-14-36)25(35)46-28)32-21(39)19(16-6-4-3-5-7-16)31-27(45)34-11-10-33(23(41)24(34)42)13-15-8-9-17(37)18(38)12-15/h3-9,12,14,19-20,25,37-38H,10-11,13H2,1-2H3,(H,30,36)(H,31,45)(H,32,39)(H,43,44)/t19?,20-,25-,29+/m1/s1. The van der Waals surface area contributed by atoms with Crippen LogP contribution in [-0.4, -0.2) is 107 Å². The molecule has 3 saturated heterocycles. The summed E-state index contributed by atoms with van der Waals surface area (Å²) in [6.45, 7) is 2.63. The second-order valence-corrected chi connectivity index (χ2v) is 13.0. The summed E-state index contributed by atoms with van der Waals surface area (Å²) in [5, 5.41) is 36.2. The van der Waals surface area contributed by atoms with E-state index >= 15 is 0 Å². The van der Waals surface area contributed by atoms with Crippen molar-refractivity contribution in [3.63, 3.8) is 0 Å². The van der Waals surface area contributed by atoms with Gasteiger partial charge in [-0.05, 0) is 37.1 Å². The Balaban J connectivity index is 1.36. The summed E-state index contributed by atoms with van der Waals surface area (Å²) in [5.41, 5.74) is -1.64. The first-order valence-corrected chi connectivity index (χ1v) is 14.8. The molecule has 0 saturated carbocycles. The number of hydrogen-bond acceptors (Lipinski definition) is 10. The molecule has 6 N–H and O–H groups in total. The van der Waals surface area contributed by atoms with E-state index in [1.54, 1.807) is 18.2 Å². The van der Waals surface area contributed by atoms with Gasteiger partial charge in [-0.25, -0.2) is 9.59 Å². The average Bonchev–Trinajstić information content (AvgIpc) is 3.23. The zero-order valence-corrected chi connectivity index (χ0v) is 25.3. The number of fused-ring (bicyclic) bond motifs is 1. The monoisotopic (exact) mass is 654 g/mol. The predicted octanol–water partition coefficient (Wildman–Crippen LogP) is -0.575. The first-order chi connectivity index (χ1) is 21.7. The molecule has 3 fully saturated rings. The van der Waals surface area contributed by atoms with Gasteiger partial charge in [0.2, 0.25) is 18.0 Å². The van der Waals surface area contributed by atoms with E-state index in [-0.39, 0.29) is 30.9 Å². The van der Waals surface area contributed by atoms with Crippen LogP contribution in [0.3, 0.4) is 0 Å². The highest BCUT2D eigenvalue weighted by molar-refractivity contribution is 8.01. The smallest absolute Gasteiger partial charge is 0.352 e. The molecule has 7 amide bonds. The molecule has 3 aliphatic rings. The second-order valence-electron chi connectivity index (χ2n) is 11.3. The van der Waals surface area contributed by atoms with Crippen molar-refractivity contribution in [1.29, 1.82) is 0 Å². The van der Waals surface area contributed by atoms with Crippen molar-refractivity contribution < 1.29 is 48.9 Å². The highest BCUT2D eigenvalue weighted by Crippen LogP contribution is 2.55. The molecule has 2 aromatic rings. The SMILES string of the molecule is CC1(C)S[C@@H]2[C@H](NC=O)C(=O)N2[C@@]1(NC(=O)C(NC(=O)N1CCN(Cc2ccc(O)c(O)c2)C(=O)C1=O)c1ccccc1)C(=O)O. The van der Waals surface area contributed by atoms with Gasteiger partial charge in [0.05, 0.1) is 4.75 Å². The molecule has 0 spiro atoms. The van der Waals surface area contributed by atoms with E-state index in [4.69, 9.17) is 0 Å². The Bertz CT molecular complexity index is 1640. The Morgan fingerprint density at radius 1 is 1.02 bits per heavy atom. The van der Waals surface area contributed by atoms with Gasteiger partial charge < -0.3 is 36.2 Å². The van der Waals surface area contributed by atoms with Crippen molar-refractivity contribution >= 4 is 53.8 Å². The molecule has 0 aromatic heterocycles. The maximum Gasteiger partial charge on any atom is 0.352 e. The number of nitrogens with zero attached hydrogens (tertiary/aromatic N) is 3. The van der Waals surface area contributed by atoms with Gasteiger partial charge in [-0.15, -0.1) is 11.8 Å². The molecular weight excluding hydrogens is 624 g/mol. The number of carbonyl (C=O) groups is 7. The van der Waals surface area contributed by atoms with Crippen molar-refractivity contribution in [3.05, 3.63) is 59.7 Å². The second kappa shape index (κ2) is 11.9. The highest BCUT2D eigenvalue weighted by atomic mass is 32.2. The summed E-state index contributed by atoms with van der Waals surface area (Å²) < 4.78 is -1.31. The number of hydrogen-bond donors (Lipinski definition) is 6. The number of carboxylic acid groups (broad SMARTS) is 1. The number of nitrogens with one attached hydrogen (secondary N) is 3. The fraction of sp³-hybridized carbons (Fsp3) is 0.345. The fourth-order valence-corrected chi connectivity index (χ4v) is 7.48. The van der Waals surface area contributed by atoms with Crippen LogP contribution in [-0.2, 0) is 35.3 Å². The number of carbonyl (C=O) groups excluding carboxylic acids is 6. The molecule has 16 nitrogen and oxygen atoms in total. The van der Waals surface area contributed by atoms with Crippen LogP contribution in [0, 0.1) is 0 Å². The maximum absolute atomic E-state index is 13.9. The van der Waals surface area contributed by atoms with E-state index in [1.165, 1.54) is 44.2 Å². The molecule has 3 heterocycles. The minimum atomic E-state index is -2.28. The van der Waals surface area contributed by atoms with Crippen LogP contribution < -0.4 is 16.0 Å². The quantitative estimate of drug-likeness (QED) is 0.0868. The van der Waals surface area contributed by atoms with Crippen molar-refractivity contribution in [2.45, 2.75) is 48.3 Å². The summed E-state index contributed by atoms with van der Waals surface area (Å²) in [6, 6.07) is 8.04. The average molecular weight is 655 g/mol. The lowest BCUT2D eigenvalue weighted by Crippen LogP contribution is -2.80. The minimum Gasteiger partial charge on any atom is -0.504 e. The summed E-state index contributed by atoms with van der Waals surface area (Å²) in [7, 11) is 0. The van der Waals surface area contributed by atoms with E-state index < -0.39 is 69.2 Å². The van der Waals surface area contributed by atoms with Crippen LogP contribution >= 0.6 is 11.8 Å². The van der Waals surface area contributed by atoms with E-state index in [9.17, 15) is 48.9 Å². The molecule has 242 valence electrons. The highest BCUT2D eigenvalue weighted by Gasteiger charge is 2.74. The summed E-state index contributed by atoms with van der Waals surface area (Å²) in [5.74, 6) is -6.25. The van der Waals surface area contributed by atoms with Crippen molar-refractivity contribution in [1.82, 2.24) is 30.7 Å². The zero-order valence-electron chi connectivity index (χ0n) is 24.5. The van der Waals surface area contributed by atoms with Crippen LogP contribution in [0.25, 0.3) is 0 Å². The predicted molar refractivity (Wildman–Crippen MR) is 158 cm³/mol. The molecule has 46 heavy (non-hydrogen) atoms. The summed E-state index contributed by atoms with van der Waals surface area (Å²) in [4.78, 5) is 92.9. The number of piperazine rings is 1. The molecule has 2 aromatic carbocycles. The zero-order chi connectivity index (χ0) is 33.6. The third kappa shape index (κ3) is 5.21. The van der Waals surface area contributed by atoms with Crippen molar-refractivity contribution in [3.8, 4) is 11.5 Å². The number of phenols is 2. The number of aliphatic carboxylic acids is 1. The number of carboxylic acids is 1. The summed E-state index contributed by atoms with van der Waals surface area (Å²) >= 11 is 1.07. The van der Waals surface area contributed by atoms with Crippen LogP contribution in [0.5, 0.6) is 11.5 Å². The lowest BCUT2D eigenvalue weighted by atomic mass is 9.88. The third-order valence-electron chi connectivity index (χ3n) is 8.18. The molecular formula is C29H30N6O10S. The number of benzene rings is 2. The Hall–Kier alpha value is -5.32. The molecule has 0 radical (unpaired) electrons. The van der Waals surface area contributed by atoms with Gasteiger partial charge in [0.15, 0.2) is 11.5 Å². The lowest BCUT2D eigenvalue weighted by molar-refractivity contribution is -0.176. The normalized spacial score (nSPS) is 24.0. The van der Waals surface area contributed by atoms with Gasteiger partial charge in [-0.2, -0.15) is 0 Å². The van der Waals surface area contributed by atoms with E-state index in [2.05, 4.69) is 16.0 Å². The number of aromatic hydroxyl groups is 2. The van der Waals surface area contributed by atoms with Crippen molar-refractivity contribution in [2.24, 2.45) is 0 Å². The Morgan fingerprint density at radius 3 is 2.35 bits per heavy atom. The molecule has 0 aliphatic carbocycles. The van der Waals surface area contributed by atoms with Gasteiger partial charge in [-0.3, -0.25) is 33.8 Å². The van der Waals surface area contributed by atoms with Crippen LogP contribution in [0.1, 0.15) is 31.0 Å². The number of β-lactam (4-membered cyclic amide) rings is 1. The Labute approximate surface area is 265 Å². The number of phenolic OH excluding ortho intramolecular Hbond substituents is 2. The molecule has 5 rings (SSSR count). The largest absolute Gasteiger partial charge is 0.504 e. The van der Waals surface area contributed by atoms with E-state index in [1.807, 2.05) is 0 Å². The number of amides is 7. The van der Waals surface area contributed by atoms with Gasteiger partial charge >= 0.3 is 23.8 Å². The number of thioether (sulfide) groups is 1. The number of rotatable bonds is 9. The fourth-order valence-electron chi connectivity index (χ4n) is 5.77. The molecule has 4 atom stereocenters. The van der Waals surface area contributed by atoms with Crippen LogP contribution in [0.4, 0.5) is 4.79 Å². The topological polar surface area (TPSA) is 226 Å². The van der Waals surface area contributed by atoms with E-state index in [0.29, 0.717) is 16.9 Å². The lowest BCUT2D eigenvalue weighted by Gasteiger charge is -2.49. The Kier molecular flexibility index (Phi) is 8.29. The number of imide groups is 1. The van der Waals surface area contributed by atoms with E-state index in [0.717, 1.165) is 21.6 Å². The minimum absolute atomic E-state index is 0.0795. The summed E-state index contributed by atoms with van der Waals surface area (Å²) in [6.07, 6.45) is 0.331. The van der Waals surface area contributed by atoms with Crippen molar-refractivity contribution in [2.75, 3.05) is 13.1 Å². The maximum atomic E-state index is 13.9. The van der Waals surface area contributed by atoms with Gasteiger partial charge in [0.1, 0.15) is 17.5 Å².